The molecular weight excluding hydrogens is 202 g/mol. The molecule has 90 valence electrons. The Kier molecular flexibility index (Phi) is 2.86. The summed E-state index contributed by atoms with van der Waals surface area (Å²) in [6, 6.07) is 0.509. The van der Waals surface area contributed by atoms with Gasteiger partial charge in [0.25, 0.3) is 0 Å². The maximum atomic E-state index is 11.5. The van der Waals surface area contributed by atoms with Crippen molar-refractivity contribution in [3.05, 3.63) is 0 Å². The molecule has 3 rings (SSSR count). The lowest BCUT2D eigenvalue weighted by molar-refractivity contribution is -0.121. The molecule has 2 saturated heterocycles. The molecule has 16 heavy (non-hydrogen) atoms. The average molecular weight is 223 g/mol. The van der Waals surface area contributed by atoms with Crippen molar-refractivity contribution < 1.29 is 4.79 Å². The predicted octanol–water partition coefficient (Wildman–Crippen LogP) is -0.194. The molecule has 2 heterocycles. The molecule has 0 unspecified atom stereocenters. The number of hydrogen-bond donors (Lipinski definition) is 2. The van der Waals surface area contributed by atoms with Crippen LogP contribution in [0.3, 0.4) is 0 Å². The minimum atomic E-state index is 0.248. The van der Waals surface area contributed by atoms with Crippen molar-refractivity contribution in [2.24, 2.45) is 11.8 Å². The summed E-state index contributed by atoms with van der Waals surface area (Å²) < 4.78 is 0. The lowest BCUT2D eigenvalue weighted by Crippen LogP contribution is -2.32. The molecule has 0 aromatic heterocycles. The molecule has 1 amide bonds. The highest BCUT2D eigenvalue weighted by molar-refractivity contribution is 5.76. The van der Waals surface area contributed by atoms with Crippen molar-refractivity contribution in [2.75, 3.05) is 32.7 Å². The van der Waals surface area contributed by atoms with Crippen LogP contribution in [0.2, 0.25) is 0 Å². The van der Waals surface area contributed by atoms with E-state index in [1.165, 1.54) is 39.0 Å². The van der Waals surface area contributed by atoms with E-state index in [1.54, 1.807) is 0 Å². The molecular formula is C12H21N3O. The van der Waals surface area contributed by atoms with Crippen molar-refractivity contribution in [2.45, 2.75) is 25.3 Å². The van der Waals surface area contributed by atoms with Gasteiger partial charge in [0.1, 0.15) is 0 Å². The fourth-order valence-electron chi connectivity index (χ4n) is 2.92. The van der Waals surface area contributed by atoms with Gasteiger partial charge in [-0.25, -0.2) is 0 Å². The SMILES string of the molecule is O=C(CCN1C[C@H]2CNC[C@H]2C1)NC1CC1. The van der Waals surface area contributed by atoms with Gasteiger partial charge in [-0.2, -0.15) is 0 Å². The minimum absolute atomic E-state index is 0.248. The van der Waals surface area contributed by atoms with Crippen molar-refractivity contribution in [3.63, 3.8) is 0 Å². The van der Waals surface area contributed by atoms with Gasteiger partial charge in [0.15, 0.2) is 0 Å². The van der Waals surface area contributed by atoms with E-state index in [9.17, 15) is 4.79 Å². The van der Waals surface area contributed by atoms with Gasteiger partial charge in [0.05, 0.1) is 0 Å². The van der Waals surface area contributed by atoms with Crippen LogP contribution in [-0.4, -0.2) is 49.6 Å². The van der Waals surface area contributed by atoms with Crippen molar-refractivity contribution in [3.8, 4) is 0 Å². The van der Waals surface area contributed by atoms with Crippen LogP contribution < -0.4 is 10.6 Å². The maximum Gasteiger partial charge on any atom is 0.221 e. The molecule has 0 spiro atoms. The fraction of sp³-hybridized carbons (Fsp3) is 0.917. The van der Waals surface area contributed by atoms with E-state index in [4.69, 9.17) is 0 Å². The van der Waals surface area contributed by atoms with Gasteiger partial charge < -0.3 is 15.5 Å². The molecule has 1 aliphatic carbocycles. The monoisotopic (exact) mass is 223 g/mol. The van der Waals surface area contributed by atoms with E-state index in [1.807, 2.05) is 0 Å². The van der Waals surface area contributed by atoms with E-state index in [2.05, 4.69) is 15.5 Å². The highest BCUT2D eigenvalue weighted by Crippen LogP contribution is 2.26. The summed E-state index contributed by atoms with van der Waals surface area (Å²) in [6.45, 7) is 5.68. The molecule has 0 aromatic rings. The third kappa shape index (κ3) is 2.38. The molecule has 4 heteroatoms. The van der Waals surface area contributed by atoms with Gasteiger partial charge in [0.2, 0.25) is 5.91 Å². The van der Waals surface area contributed by atoms with Gasteiger partial charge in [-0.15, -0.1) is 0 Å². The van der Waals surface area contributed by atoms with E-state index in [0.717, 1.165) is 18.4 Å². The molecule has 0 radical (unpaired) electrons. The molecule has 0 bridgehead atoms. The molecule has 0 aromatic carbocycles. The summed E-state index contributed by atoms with van der Waals surface area (Å²) in [7, 11) is 0. The summed E-state index contributed by atoms with van der Waals surface area (Å²) in [6.07, 6.45) is 3.06. The second kappa shape index (κ2) is 4.34. The second-order valence-electron chi connectivity index (χ2n) is 5.53. The minimum Gasteiger partial charge on any atom is -0.353 e. The summed E-state index contributed by atoms with van der Waals surface area (Å²) in [5.74, 6) is 1.93. The van der Waals surface area contributed by atoms with Crippen LogP contribution in [0.25, 0.3) is 0 Å². The Morgan fingerprint density at radius 3 is 2.56 bits per heavy atom. The number of hydrogen-bond acceptors (Lipinski definition) is 3. The van der Waals surface area contributed by atoms with Crippen molar-refractivity contribution in [1.82, 2.24) is 15.5 Å². The number of nitrogens with one attached hydrogen (secondary N) is 2. The average Bonchev–Trinajstić information content (AvgIpc) is 2.82. The molecule has 3 aliphatic rings. The zero-order chi connectivity index (χ0) is 11.0. The van der Waals surface area contributed by atoms with E-state index >= 15 is 0 Å². The Morgan fingerprint density at radius 1 is 1.25 bits per heavy atom. The first kappa shape index (κ1) is 10.5. The van der Waals surface area contributed by atoms with Crippen LogP contribution >= 0.6 is 0 Å². The van der Waals surface area contributed by atoms with Crippen LogP contribution in [-0.2, 0) is 4.79 Å². The first-order valence-electron chi connectivity index (χ1n) is 6.53. The van der Waals surface area contributed by atoms with Crippen molar-refractivity contribution >= 4 is 5.91 Å². The van der Waals surface area contributed by atoms with Crippen LogP contribution in [0.4, 0.5) is 0 Å². The summed E-state index contributed by atoms with van der Waals surface area (Å²) in [5.41, 5.74) is 0. The number of carbonyl (C=O) groups excluding carboxylic acids is 1. The third-order valence-electron chi connectivity index (χ3n) is 4.06. The Bertz CT molecular complexity index is 265. The van der Waals surface area contributed by atoms with E-state index in [-0.39, 0.29) is 5.91 Å². The van der Waals surface area contributed by atoms with E-state index in [0.29, 0.717) is 12.5 Å². The topological polar surface area (TPSA) is 44.4 Å². The standard InChI is InChI=1S/C12H21N3O/c16-12(14-11-1-2-11)3-4-15-7-9-5-13-6-10(9)8-15/h9-11,13H,1-8H2,(H,14,16)/t9-,10+. The Balaban J connectivity index is 1.37. The van der Waals surface area contributed by atoms with E-state index < -0.39 is 0 Å². The van der Waals surface area contributed by atoms with Crippen LogP contribution in [0.1, 0.15) is 19.3 Å². The predicted molar refractivity (Wildman–Crippen MR) is 62.1 cm³/mol. The first-order chi connectivity index (χ1) is 7.81. The Labute approximate surface area is 96.8 Å². The number of amides is 1. The zero-order valence-electron chi connectivity index (χ0n) is 9.74. The Hall–Kier alpha value is -0.610. The quantitative estimate of drug-likeness (QED) is 0.694. The number of nitrogens with zero attached hydrogens (tertiary/aromatic N) is 1. The molecule has 2 aliphatic heterocycles. The fourth-order valence-corrected chi connectivity index (χ4v) is 2.92. The summed E-state index contributed by atoms with van der Waals surface area (Å²) >= 11 is 0. The lowest BCUT2D eigenvalue weighted by atomic mass is 10.0. The van der Waals surface area contributed by atoms with Gasteiger partial charge in [-0.05, 0) is 37.8 Å². The van der Waals surface area contributed by atoms with Crippen LogP contribution in [0.15, 0.2) is 0 Å². The third-order valence-corrected chi connectivity index (χ3v) is 4.06. The number of likely N-dealkylation sites (tertiary alicyclic amines) is 1. The van der Waals surface area contributed by atoms with Gasteiger partial charge in [-0.1, -0.05) is 0 Å². The summed E-state index contributed by atoms with van der Waals surface area (Å²) in [4.78, 5) is 14.0. The highest BCUT2D eigenvalue weighted by Gasteiger charge is 2.35. The highest BCUT2D eigenvalue weighted by atomic mass is 16.1. The maximum absolute atomic E-state index is 11.5. The molecule has 4 nitrogen and oxygen atoms in total. The molecule has 3 fully saturated rings. The normalized spacial score (nSPS) is 34.0. The Morgan fingerprint density at radius 2 is 1.94 bits per heavy atom. The van der Waals surface area contributed by atoms with Crippen LogP contribution in [0, 0.1) is 11.8 Å². The molecule has 1 saturated carbocycles. The smallest absolute Gasteiger partial charge is 0.221 e. The van der Waals surface area contributed by atoms with Gasteiger partial charge >= 0.3 is 0 Å². The van der Waals surface area contributed by atoms with Crippen molar-refractivity contribution in [1.29, 1.82) is 0 Å². The number of rotatable bonds is 4. The molecule has 2 atom stereocenters. The zero-order valence-corrected chi connectivity index (χ0v) is 9.74. The number of carbonyl (C=O) groups is 1. The molecule has 2 N–H and O–H groups in total. The number of fused-ring (bicyclic) bond motifs is 1. The lowest BCUT2D eigenvalue weighted by Gasteiger charge is -2.16. The van der Waals surface area contributed by atoms with Gasteiger partial charge in [-0.3, -0.25) is 4.79 Å². The first-order valence-corrected chi connectivity index (χ1v) is 6.53. The van der Waals surface area contributed by atoms with Crippen LogP contribution in [0.5, 0.6) is 0 Å². The second-order valence-corrected chi connectivity index (χ2v) is 5.53. The summed E-state index contributed by atoms with van der Waals surface area (Å²) in [5, 5.41) is 6.49. The van der Waals surface area contributed by atoms with Gasteiger partial charge in [0, 0.05) is 32.1 Å². The largest absolute Gasteiger partial charge is 0.353 e.